The predicted octanol–water partition coefficient (Wildman–Crippen LogP) is 2.16. The summed E-state index contributed by atoms with van der Waals surface area (Å²) in [5.41, 5.74) is 7.94. The van der Waals surface area contributed by atoms with E-state index in [1.165, 1.54) is 11.5 Å². The van der Waals surface area contributed by atoms with Crippen molar-refractivity contribution in [2.24, 2.45) is 0 Å². The normalized spacial score (nSPS) is 10.9. The first kappa shape index (κ1) is 12.7. The lowest BCUT2D eigenvalue weighted by Gasteiger charge is -2.11. The van der Waals surface area contributed by atoms with Gasteiger partial charge in [-0.2, -0.15) is 9.47 Å². The van der Waals surface area contributed by atoms with Crippen LogP contribution in [0.1, 0.15) is 25.1 Å². The minimum Gasteiger partial charge on any atom is -0.484 e. The van der Waals surface area contributed by atoms with Gasteiger partial charge in [-0.05, 0) is 32.3 Å². The van der Waals surface area contributed by atoms with Crippen LogP contribution < -0.4 is 15.8 Å². The van der Waals surface area contributed by atoms with E-state index < -0.39 is 0 Å². The number of aromatic nitrogens is 3. The average Bonchev–Trinajstić information content (AvgIpc) is 2.85. The number of aromatic amines is 1. The van der Waals surface area contributed by atoms with Gasteiger partial charge in [0.05, 0.1) is 12.3 Å². The summed E-state index contributed by atoms with van der Waals surface area (Å²) in [6.07, 6.45) is 1.87. The molecule has 2 rings (SSSR count). The lowest BCUT2D eigenvalue weighted by Crippen LogP contribution is -2.08. The lowest BCUT2D eigenvalue weighted by molar-refractivity contribution is 0.245. The molecule has 98 valence electrons. The summed E-state index contributed by atoms with van der Waals surface area (Å²) in [5.74, 6) is 1.07. The Morgan fingerprint density at radius 1 is 1.56 bits per heavy atom. The molecule has 0 spiro atoms. The molecule has 0 atom stereocenters. The van der Waals surface area contributed by atoms with Gasteiger partial charge in [0.15, 0.2) is 16.6 Å². The number of nitrogens with one attached hydrogen (secondary N) is 2. The highest BCUT2D eigenvalue weighted by Crippen LogP contribution is 2.36. The van der Waals surface area contributed by atoms with Crippen molar-refractivity contribution in [2.45, 2.75) is 33.4 Å². The first-order valence-corrected chi connectivity index (χ1v) is 6.49. The Morgan fingerprint density at radius 2 is 2.33 bits per heavy atom. The van der Waals surface area contributed by atoms with Crippen LogP contribution in [0.25, 0.3) is 0 Å². The lowest BCUT2D eigenvalue weighted by atomic mass is 10.3. The van der Waals surface area contributed by atoms with Crippen LogP contribution >= 0.6 is 11.5 Å². The van der Waals surface area contributed by atoms with Crippen molar-refractivity contribution < 1.29 is 4.74 Å². The van der Waals surface area contributed by atoms with Crippen molar-refractivity contribution in [3.8, 4) is 5.75 Å². The highest BCUT2D eigenvalue weighted by atomic mass is 32.1. The molecule has 0 saturated carbocycles. The fourth-order valence-electron chi connectivity index (χ4n) is 1.49. The molecule has 18 heavy (non-hydrogen) atoms. The summed E-state index contributed by atoms with van der Waals surface area (Å²) in [5, 5.41) is 11.0. The van der Waals surface area contributed by atoms with Gasteiger partial charge < -0.3 is 15.8 Å². The summed E-state index contributed by atoms with van der Waals surface area (Å²) in [7, 11) is 0. The van der Waals surface area contributed by atoms with Gasteiger partial charge in [-0.1, -0.05) is 0 Å². The minimum atomic E-state index is 0.0694. The van der Waals surface area contributed by atoms with Crippen LogP contribution in [0.5, 0.6) is 5.75 Å². The highest BCUT2D eigenvalue weighted by Gasteiger charge is 2.14. The molecule has 6 nitrogen and oxygen atoms in total. The number of H-pyrrole nitrogens is 1. The maximum absolute atomic E-state index is 5.78. The van der Waals surface area contributed by atoms with Crippen LogP contribution in [0, 0.1) is 6.92 Å². The number of hydrogen-bond acceptors (Lipinski definition) is 6. The first-order chi connectivity index (χ1) is 8.58. The SMILES string of the molecule is Cc1[nH]ncc1CNc1snc(N)c1OC(C)C. The quantitative estimate of drug-likeness (QED) is 0.772. The van der Waals surface area contributed by atoms with Gasteiger partial charge in [-0.15, -0.1) is 0 Å². The van der Waals surface area contributed by atoms with Crippen LogP contribution in [0.15, 0.2) is 6.20 Å². The molecule has 2 heterocycles. The number of hydrogen-bond donors (Lipinski definition) is 3. The third-order valence-corrected chi connectivity index (χ3v) is 3.20. The molecule has 2 aromatic rings. The molecule has 2 aromatic heterocycles. The molecule has 0 amide bonds. The van der Waals surface area contributed by atoms with E-state index in [9.17, 15) is 0 Å². The van der Waals surface area contributed by atoms with Crippen molar-refractivity contribution in [3.63, 3.8) is 0 Å². The predicted molar refractivity (Wildman–Crippen MR) is 72.9 cm³/mol. The van der Waals surface area contributed by atoms with Crippen molar-refractivity contribution in [1.29, 1.82) is 0 Å². The smallest absolute Gasteiger partial charge is 0.197 e. The zero-order chi connectivity index (χ0) is 13.1. The summed E-state index contributed by atoms with van der Waals surface area (Å²) in [6.45, 7) is 6.57. The Bertz CT molecular complexity index is 519. The van der Waals surface area contributed by atoms with E-state index in [1.54, 1.807) is 6.20 Å². The Labute approximate surface area is 110 Å². The minimum absolute atomic E-state index is 0.0694. The fourth-order valence-corrected chi connectivity index (χ4v) is 2.13. The van der Waals surface area contributed by atoms with Crippen molar-refractivity contribution in [2.75, 3.05) is 11.1 Å². The standard InChI is InChI=1S/C11H17N5OS/c1-6(2)17-9-10(12)16-18-11(9)13-4-8-5-14-15-7(8)3/h5-6,13H,4H2,1-3H3,(H2,12,16)(H,14,15). The topological polar surface area (TPSA) is 88.9 Å². The molecule has 7 heteroatoms. The van der Waals surface area contributed by atoms with Gasteiger partial charge in [0, 0.05) is 17.8 Å². The number of nitrogen functional groups attached to an aromatic ring is 1. The molecule has 0 saturated heterocycles. The van der Waals surface area contributed by atoms with Crippen molar-refractivity contribution in [3.05, 3.63) is 17.5 Å². The Morgan fingerprint density at radius 3 is 2.94 bits per heavy atom. The van der Waals surface area contributed by atoms with Crippen LogP contribution in [0.2, 0.25) is 0 Å². The molecule has 0 radical (unpaired) electrons. The van der Waals surface area contributed by atoms with E-state index in [1.807, 2.05) is 20.8 Å². The van der Waals surface area contributed by atoms with E-state index >= 15 is 0 Å². The van der Waals surface area contributed by atoms with E-state index in [-0.39, 0.29) is 6.10 Å². The van der Waals surface area contributed by atoms with Gasteiger partial charge in [0.2, 0.25) is 0 Å². The Balaban J connectivity index is 2.07. The van der Waals surface area contributed by atoms with Gasteiger partial charge in [-0.3, -0.25) is 5.10 Å². The summed E-state index contributed by atoms with van der Waals surface area (Å²) < 4.78 is 9.75. The van der Waals surface area contributed by atoms with E-state index in [0.717, 1.165) is 16.3 Å². The third kappa shape index (κ3) is 2.73. The van der Waals surface area contributed by atoms with E-state index in [4.69, 9.17) is 10.5 Å². The fraction of sp³-hybridized carbons (Fsp3) is 0.455. The molecule has 0 unspecified atom stereocenters. The number of rotatable bonds is 5. The second-order valence-electron chi connectivity index (χ2n) is 4.27. The zero-order valence-electron chi connectivity index (χ0n) is 10.7. The highest BCUT2D eigenvalue weighted by molar-refractivity contribution is 7.11. The van der Waals surface area contributed by atoms with E-state index in [0.29, 0.717) is 18.1 Å². The summed E-state index contributed by atoms with van der Waals surface area (Å²) in [4.78, 5) is 0. The second-order valence-corrected chi connectivity index (χ2v) is 5.04. The second kappa shape index (κ2) is 5.26. The summed E-state index contributed by atoms with van der Waals surface area (Å²) >= 11 is 1.30. The molecule has 0 bridgehead atoms. The van der Waals surface area contributed by atoms with Gasteiger partial charge in [-0.25, -0.2) is 0 Å². The number of nitrogens with two attached hydrogens (primary N) is 1. The number of nitrogens with zero attached hydrogens (tertiary/aromatic N) is 2. The largest absolute Gasteiger partial charge is 0.484 e. The van der Waals surface area contributed by atoms with Gasteiger partial charge in [0.25, 0.3) is 0 Å². The van der Waals surface area contributed by atoms with Crippen LogP contribution in [-0.2, 0) is 6.54 Å². The molecular formula is C11H17N5OS. The number of anilines is 2. The van der Waals surface area contributed by atoms with E-state index in [2.05, 4.69) is 19.9 Å². The molecule has 0 aliphatic heterocycles. The number of aryl methyl sites for hydroxylation is 1. The van der Waals surface area contributed by atoms with Crippen LogP contribution in [0.3, 0.4) is 0 Å². The number of ether oxygens (including phenoxy) is 1. The Kier molecular flexibility index (Phi) is 3.71. The Hall–Kier alpha value is -1.76. The van der Waals surface area contributed by atoms with Crippen molar-refractivity contribution in [1.82, 2.24) is 14.6 Å². The maximum Gasteiger partial charge on any atom is 0.197 e. The molecule has 0 aliphatic rings. The monoisotopic (exact) mass is 267 g/mol. The van der Waals surface area contributed by atoms with Crippen molar-refractivity contribution >= 4 is 22.4 Å². The molecule has 0 fully saturated rings. The van der Waals surface area contributed by atoms with Gasteiger partial charge in [0.1, 0.15) is 0 Å². The molecule has 4 N–H and O–H groups in total. The molecule has 0 aliphatic carbocycles. The van der Waals surface area contributed by atoms with Gasteiger partial charge >= 0.3 is 0 Å². The summed E-state index contributed by atoms with van der Waals surface area (Å²) in [6, 6.07) is 0. The van der Waals surface area contributed by atoms with Crippen LogP contribution in [0.4, 0.5) is 10.8 Å². The maximum atomic E-state index is 5.78. The third-order valence-electron chi connectivity index (χ3n) is 2.40. The first-order valence-electron chi connectivity index (χ1n) is 5.72. The zero-order valence-corrected chi connectivity index (χ0v) is 11.5. The molecular weight excluding hydrogens is 250 g/mol. The average molecular weight is 267 g/mol. The van der Waals surface area contributed by atoms with Crippen LogP contribution in [-0.4, -0.2) is 20.7 Å². The molecule has 0 aromatic carbocycles.